The number of hydrogen-bond donors (Lipinski definition) is 2. The van der Waals surface area contributed by atoms with Crippen LogP contribution in [0, 0.1) is 6.92 Å². The Morgan fingerprint density at radius 1 is 1.08 bits per heavy atom. The lowest BCUT2D eigenvalue weighted by Gasteiger charge is -2.29. The third kappa shape index (κ3) is 5.05. The molecule has 2 aromatic carbocycles. The molecule has 0 unspecified atom stereocenters. The zero-order valence-corrected chi connectivity index (χ0v) is 22.2. The Balaban J connectivity index is 1.45. The lowest BCUT2D eigenvalue weighted by atomic mass is 10.0. The van der Waals surface area contributed by atoms with E-state index in [-0.39, 0.29) is 18.0 Å². The fourth-order valence-electron chi connectivity index (χ4n) is 4.61. The fraction of sp³-hybridized carbons (Fsp3) is 0.179. The van der Waals surface area contributed by atoms with Crippen LogP contribution in [0.3, 0.4) is 0 Å². The fourth-order valence-corrected chi connectivity index (χ4v) is 5.33. The van der Waals surface area contributed by atoms with E-state index in [4.69, 9.17) is 12.2 Å². The van der Waals surface area contributed by atoms with E-state index in [1.54, 1.807) is 6.20 Å². The Morgan fingerprint density at radius 3 is 2.69 bits per heavy atom. The van der Waals surface area contributed by atoms with Crippen LogP contribution < -0.4 is 10.6 Å². The predicted molar refractivity (Wildman–Crippen MR) is 150 cm³/mol. The molecule has 0 spiro atoms. The Bertz CT molecular complexity index is 1390. The number of carbonyl (C=O) groups excluding carboxylic acids is 1. The smallest absolute Gasteiger partial charge is 0.226 e. The number of aromatic nitrogens is 2. The van der Waals surface area contributed by atoms with Gasteiger partial charge in [-0.05, 0) is 73.2 Å². The van der Waals surface area contributed by atoms with E-state index >= 15 is 0 Å². The van der Waals surface area contributed by atoms with E-state index in [1.807, 2.05) is 67.6 Å². The van der Waals surface area contributed by atoms with Gasteiger partial charge in [-0.1, -0.05) is 46.3 Å². The molecule has 3 heterocycles. The molecule has 4 aromatic rings. The van der Waals surface area contributed by atoms with E-state index < -0.39 is 0 Å². The molecule has 0 saturated carbocycles. The first-order valence-electron chi connectivity index (χ1n) is 11.8. The second-order valence-corrected chi connectivity index (χ2v) is 10.0. The van der Waals surface area contributed by atoms with Crippen molar-refractivity contribution in [2.24, 2.45) is 0 Å². The number of halogens is 1. The molecular weight excluding hydrogens is 534 g/mol. The van der Waals surface area contributed by atoms with Crippen LogP contribution in [0.1, 0.15) is 35.5 Å². The normalized spacial score (nSPS) is 17.2. The minimum absolute atomic E-state index is 0.0468. The van der Waals surface area contributed by atoms with Crippen molar-refractivity contribution in [1.82, 2.24) is 19.8 Å². The number of rotatable bonds is 7. The SMILES string of the molecule is Cc1ccccc1NC(=O)CCN1C(=S)N[C@H](c2ccccn2)[C@@H]1c1cccn1-c1cccc(Br)c1. The summed E-state index contributed by atoms with van der Waals surface area (Å²) in [5.41, 5.74) is 4.87. The van der Waals surface area contributed by atoms with Crippen LogP contribution in [0.25, 0.3) is 5.69 Å². The van der Waals surface area contributed by atoms with Gasteiger partial charge in [-0.15, -0.1) is 0 Å². The first kappa shape index (κ1) is 24.2. The van der Waals surface area contributed by atoms with Gasteiger partial charge in [0, 0.05) is 46.9 Å². The summed E-state index contributed by atoms with van der Waals surface area (Å²) < 4.78 is 3.17. The molecule has 1 fully saturated rings. The van der Waals surface area contributed by atoms with E-state index in [1.165, 1.54) is 0 Å². The lowest BCUT2D eigenvalue weighted by Crippen LogP contribution is -2.33. The zero-order chi connectivity index (χ0) is 25.1. The lowest BCUT2D eigenvalue weighted by molar-refractivity contribution is -0.116. The van der Waals surface area contributed by atoms with Crippen LogP contribution in [0.4, 0.5) is 5.69 Å². The quantitative estimate of drug-likeness (QED) is 0.274. The average molecular weight is 561 g/mol. The van der Waals surface area contributed by atoms with Crippen LogP contribution in [0.15, 0.2) is 95.7 Å². The van der Waals surface area contributed by atoms with E-state index in [0.29, 0.717) is 18.1 Å². The third-order valence-corrected chi connectivity index (χ3v) is 7.21. The molecule has 2 atom stereocenters. The van der Waals surface area contributed by atoms with Crippen molar-refractivity contribution in [2.75, 3.05) is 11.9 Å². The molecule has 0 aliphatic carbocycles. The van der Waals surface area contributed by atoms with Crippen molar-refractivity contribution in [3.8, 4) is 5.69 Å². The van der Waals surface area contributed by atoms with Gasteiger partial charge < -0.3 is 20.1 Å². The first-order chi connectivity index (χ1) is 17.5. The molecule has 1 aliphatic heterocycles. The highest BCUT2D eigenvalue weighted by Gasteiger charge is 2.41. The number of benzene rings is 2. The molecular formula is C28H26BrN5OS. The average Bonchev–Trinajstić information content (AvgIpc) is 3.49. The number of nitrogens with zero attached hydrogens (tertiary/aromatic N) is 3. The highest BCUT2D eigenvalue weighted by Crippen LogP contribution is 2.39. The number of amides is 1. The number of carbonyl (C=O) groups is 1. The van der Waals surface area contributed by atoms with Gasteiger partial charge in [-0.3, -0.25) is 9.78 Å². The summed E-state index contributed by atoms with van der Waals surface area (Å²) in [6.45, 7) is 2.46. The maximum absolute atomic E-state index is 12.9. The Labute approximate surface area is 224 Å². The van der Waals surface area contributed by atoms with Gasteiger partial charge >= 0.3 is 0 Å². The van der Waals surface area contributed by atoms with Gasteiger partial charge in [0.25, 0.3) is 0 Å². The first-order valence-corrected chi connectivity index (χ1v) is 13.0. The minimum atomic E-state index is -0.154. The molecule has 1 saturated heterocycles. The van der Waals surface area contributed by atoms with Gasteiger partial charge in [-0.2, -0.15) is 0 Å². The Hall–Kier alpha value is -3.49. The number of thiocarbonyl (C=S) groups is 1. The number of nitrogens with one attached hydrogen (secondary N) is 2. The van der Waals surface area contributed by atoms with Crippen molar-refractivity contribution in [2.45, 2.75) is 25.4 Å². The van der Waals surface area contributed by atoms with Crippen LogP contribution in [-0.2, 0) is 4.79 Å². The van der Waals surface area contributed by atoms with Crippen molar-refractivity contribution >= 4 is 44.9 Å². The molecule has 1 amide bonds. The third-order valence-electron chi connectivity index (χ3n) is 6.37. The molecule has 5 rings (SSSR count). The maximum atomic E-state index is 12.9. The molecule has 0 bridgehead atoms. The predicted octanol–water partition coefficient (Wildman–Crippen LogP) is 5.94. The van der Waals surface area contributed by atoms with Crippen LogP contribution >= 0.6 is 28.1 Å². The standard InChI is InChI=1S/C28H26BrN5OS/c1-19-8-2-3-11-22(19)31-25(35)14-17-34-27(26(32-28(34)36)23-12-4-5-15-30-23)24-13-7-16-33(24)21-10-6-9-20(29)18-21/h2-13,15-16,18,26-27H,14,17H2,1H3,(H,31,35)(H,32,36)/t26-,27+/m1/s1. The van der Waals surface area contributed by atoms with E-state index in [9.17, 15) is 4.79 Å². The summed E-state index contributed by atoms with van der Waals surface area (Å²) in [6.07, 6.45) is 4.15. The van der Waals surface area contributed by atoms with Crippen molar-refractivity contribution in [3.05, 3.63) is 113 Å². The van der Waals surface area contributed by atoms with Gasteiger partial charge in [0.2, 0.25) is 5.91 Å². The van der Waals surface area contributed by atoms with Gasteiger partial charge in [0.05, 0.1) is 17.8 Å². The number of anilines is 1. The molecule has 2 aromatic heterocycles. The number of aryl methyl sites for hydroxylation is 1. The van der Waals surface area contributed by atoms with Crippen molar-refractivity contribution in [3.63, 3.8) is 0 Å². The van der Waals surface area contributed by atoms with Gasteiger partial charge in [0.15, 0.2) is 5.11 Å². The molecule has 0 radical (unpaired) electrons. The largest absolute Gasteiger partial charge is 0.352 e. The monoisotopic (exact) mass is 559 g/mol. The highest BCUT2D eigenvalue weighted by molar-refractivity contribution is 9.10. The summed E-state index contributed by atoms with van der Waals surface area (Å²) in [7, 11) is 0. The Morgan fingerprint density at radius 2 is 1.92 bits per heavy atom. The molecule has 182 valence electrons. The van der Waals surface area contributed by atoms with Crippen LogP contribution in [0.5, 0.6) is 0 Å². The number of para-hydroxylation sites is 1. The van der Waals surface area contributed by atoms with Crippen molar-refractivity contribution in [1.29, 1.82) is 0 Å². The highest BCUT2D eigenvalue weighted by atomic mass is 79.9. The molecule has 8 heteroatoms. The molecule has 6 nitrogen and oxygen atoms in total. The van der Waals surface area contributed by atoms with E-state index in [0.717, 1.165) is 32.8 Å². The van der Waals surface area contributed by atoms with E-state index in [2.05, 4.69) is 65.4 Å². The second kappa shape index (κ2) is 10.6. The van der Waals surface area contributed by atoms with Crippen LogP contribution in [-0.4, -0.2) is 32.0 Å². The Kier molecular flexibility index (Phi) is 7.16. The topological polar surface area (TPSA) is 62.2 Å². The summed E-state index contributed by atoms with van der Waals surface area (Å²) in [6, 6.07) is 25.7. The maximum Gasteiger partial charge on any atom is 0.226 e. The van der Waals surface area contributed by atoms with Crippen LogP contribution in [0.2, 0.25) is 0 Å². The number of pyridine rings is 1. The summed E-state index contributed by atoms with van der Waals surface area (Å²) in [5.74, 6) is -0.0468. The minimum Gasteiger partial charge on any atom is -0.352 e. The molecule has 36 heavy (non-hydrogen) atoms. The van der Waals surface area contributed by atoms with Gasteiger partial charge in [-0.25, -0.2) is 0 Å². The summed E-state index contributed by atoms with van der Waals surface area (Å²) in [4.78, 5) is 19.6. The zero-order valence-electron chi connectivity index (χ0n) is 19.8. The molecule has 1 aliphatic rings. The van der Waals surface area contributed by atoms with Crippen molar-refractivity contribution < 1.29 is 4.79 Å². The molecule has 2 N–H and O–H groups in total. The van der Waals surface area contributed by atoms with Gasteiger partial charge in [0.1, 0.15) is 0 Å². The second-order valence-electron chi connectivity index (χ2n) is 8.72. The summed E-state index contributed by atoms with van der Waals surface area (Å²) in [5, 5.41) is 7.12. The summed E-state index contributed by atoms with van der Waals surface area (Å²) >= 11 is 9.38. The number of hydrogen-bond acceptors (Lipinski definition) is 3.